The van der Waals surface area contributed by atoms with Gasteiger partial charge in [0.05, 0.1) is 12.8 Å². The van der Waals surface area contributed by atoms with Crippen LogP contribution in [0.5, 0.6) is 5.75 Å². The number of aromatic nitrogens is 1. The average Bonchev–Trinajstić information content (AvgIpc) is 3.00. The summed E-state index contributed by atoms with van der Waals surface area (Å²) < 4.78 is 45.5. The lowest BCUT2D eigenvalue weighted by Crippen LogP contribution is -2.27. The third-order valence-electron chi connectivity index (χ3n) is 3.90. The molecule has 1 aromatic rings. The Morgan fingerprint density at radius 3 is 2.75 bits per heavy atom. The number of alkyl halides is 3. The summed E-state index contributed by atoms with van der Waals surface area (Å²) in [7, 11) is 0. The van der Waals surface area contributed by atoms with Crippen molar-refractivity contribution in [3.63, 3.8) is 0 Å². The molecule has 0 N–H and O–H groups in total. The zero-order chi connectivity index (χ0) is 14.2. The minimum atomic E-state index is -4.68. The van der Waals surface area contributed by atoms with E-state index < -0.39 is 6.36 Å². The second-order valence-electron chi connectivity index (χ2n) is 5.37. The van der Waals surface area contributed by atoms with Gasteiger partial charge < -0.3 is 14.4 Å². The van der Waals surface area contributed by atoms with Crippen molar-refractivity contribution < 1.29 is 22.6 Å². The number of pyridine rings is 1. The van der Waals surface area contributed by atoms with Crippen molar-refractivity contribution in [3.8, 4) is 5.75 Å². The summed E-state index contributed by atoms with van der Waals surface area (Å²) in [6.45, 7) is 3.26. The van der Waals surface area contributed by atoms with Gasteiger partial charge in [0, 0.05) is 25.1 Å². The molecule has 2 aliphatic rings. The molecule has 3 heterocycles. The van der Waals surface area contributed by atoms with E-state index in [1.807, 2.05) is 0 Å². The van der Waals surface area contributed by atoms with Crippen molar-refractivity contribution in [1.82, 2.24) is 4.98 Å². The Balaban J connectivity index is 1.66. The topological polar surface area (TPSA) is 34.6 Å². The molecule has 0 saturated carbocycles. The zero-order valence-corrected chi connectivity index (χ0v) is 10.8. The molecule has 2 fully saturated rings. The number of halogens is 3. The average molecular weight is 288 g/mol. The van der Waals surface area contributed by atoms with Gasteiger partial charge >= 0.3 is 6.36 Å². The van der Waals surface area contributed by atoms with E-state index in [9.17, 15) is 13.2 Å². The van der Waals surface area contributed by atoms with Crippen molar-refractivity contribution >= 4 is 5.82 Å². The van der Waals surface area contributed by atoms with Crippen molar-refractivity contribution in [2.75, 3.05) is 31.2 Å². The molecule has 7 heteroatoms. The summed E-state index contributed by atoms with van der Waals surface area (Å²) in [5.74, 6) is 0.391. The highest BCUT2D eigenvalue weighted by atomic mass is 19.4. The van der Waals surface area contributed by atoms with Gasteiger partial charge in [0.2, 0.25) is 0 Å². The molecule has 1 aromatic heterocycles. The number of rotatable bonds is 2. The zero-order valence-electron chi connectivity index (χ0n) is 10.8. The first-order valence-corrected chi connectivity index (χ1v) is 6.50. The Morgan fingerprint density at radius 2 is 2.15 bits per heavy atom. The molecule has 1 unspecified atom stereocenters. The van der Waals surface area contributed by atoms with Crippen LogP contribution in [0.4, 0.5) is 19.0 Å². The third kappa shape index (κ3) is 2.82. The Kier molecular flexibility index (Phi) is 3.24. The van der Waals surface area contributed by atoms with Crippen LogP contribution in [0.15, 0.2) is 18.3 Å². The van der Waals surface area contributed by atoms with Crippen LogP contribution >= 0.6 is 0 Å². The highest BCUT2D eigenvalue weighted by Crippen LogP contribution is 2.39. The molecule has 1 spiro atoms. The van der Waals surface area contributed by atoms with Gasteiger partial charge in [-0.05, 0) is 25.0 Å². The van der Waals surface area contributed by atoms with E-state index in [1.54, 1.807) is 6.07 Å². The Labute approximate surface area is 114 Å². The molecule has 2 aliphatic heterocycles. The fourth-order valence-corrected chi connectivity index (χ4v) is 2.86. The molecule has 0 amide bonds. The van der Waals surface area contributed by atoms with Crippen LogP contribution < -0.4 is 9.64 Å². The van der Waals surface area contributed by atoms with Crippen molar-refractivity contribution in [2.45, 2.75) is 19.2 Å². The fourth-order valence-electron chi connectivity index (χ4n) is 2.86. The maximum atomic E-state index is 12.1. The largest absolute Gasteiger partial charge is 0.573 e. The monoisotopic (exact) mass is 288 g/mol. The summed E-state index contributed by atoms with van der Waals surface area (Å²) in [6, 6.07) is 2.86. The summed E-state index contributed by atoms with van der Waals surface area (Å²) in [4.78, 5) is 6.15. The van der Waals surface area contributed by atoms with Crippen LogP contribution in [0.3, 0.4) is 0 Å². The third-order valence-corrected chi connectivity index (χ3v) is 3.90. The predicted molar refractivity (Wildman–Crippen MR) is 65.6 cm³/mol. The molecule has 1 atom stereocenters. The van der Waals surface area contributed by atoms with Crippen LogP contribution in [0.2, 0.25) is 0 Å². The van der Waals surface area contributed by atoms with E-state index in [1.165, 1.54) is 6.07 Å². The van der Waals surface area contributed by atoms with Crippen molar-refractivity contribution in [1.29, 1.82) is 0 Å². The van der Waals surface area contributed by atoms with Gasteiger partial charge in [0.15, 0.2) is 0 Å². The van der Waals surface area contributed by atoms with E-state index in [0.29, 0.717) is 5.82 Å². The number of ether oxygens (including phenoxy) is 2. The maximum absolute atomic E-state index is 12.1. The number of hydrogen-bond acceptors (Lipinski definition) is 4. The molecule has 20 heavy (non-hydrogen) atoms. The first-order chi connectivity index (χ1) is 9.46. The summed E-state index contributed by atoms with van der Waals surface area (Å²) in [5, 5.41) is 0. The van der Waals surface area contributed by atoms with Crippen LogP contribution in [0.25, 0.3) is 0 Å². The predicted octanol–water partition coefficient (Wildman–Crippen LogP) is 2.60. The van der Waals surface area contributed by atoms with Crippen LogP contribution in [0, 0.1) is 5.41 Å². The Bertz CT molecular complexity index is 469. The Morgan fingerprint density at radius 1 is 1.30 bits per heavy atom. The van der Waals surface area contributed by atoms with Crippen molar-refractivity contribution in [2.24, 2.45) is 5.41 Å². The van der Waals surface area contributed by atoms with Gasteiger partial charge in [-0.2, -0.15) is 0 Å². The van der Waals surface area contributed by atoms with Gasteiger partial charge in [-0.1, -0.05) is 0 Å². The molecule has 0 aromatic carbocycles. The smallest absolute Gasteiger partial charge is 0.404 e. The highest BCUT2D eigenvalue weighted by Gasteiger charge is 2.41. The molecule has 110 valence electrons. The van der Waals surface area contributed by atoms with Crippen molar-refractivity contribution in [3.05, 3.63) is 18.3 Å². The minimum absolute atomic E-state index is 0.197. The summed E-state index contributed by atoms with van der Waals surface area (Å²) in [6.07, 6.45) is -1.49. The quantitative estimate of drug-likeness (QED) is 0.838. The normalized spacial score (nSPS) is 26.4. The number of anilines is 1. The molecule has 3 rings (SSSR count). The molecular weight excluding hydrogens is 273 g/mol. The molecule has 0 radical (unpaired) electrons. The number of nitrogens with zero attached hydrogens (tertiary/aromatic N) is 2. The van der Waals surface area contributed by atoms with E-state index in [-0.39, 0.29) is 11.2 Å². The standard InChI is InChI=1S/C13H15F3N2O2/c14-13(15,16)20-10-1-2-11(17-7-10)18-5-3-12(8-18)4-6-19-9-12/h1-2,7H,3-6,8-9H2. The SMILES string of the molecule is FC(F)(F)Oc1ccc(N2CCC3(CCOC3)C2)nc1. The van der Waals surface area contributed by atoms with Crippen LogP contribution in [-0.2, 0) is 4.74 Å². The molecule has 0 aliphatic carbocycles. The lowest BCUT2D eigenvalue weighted by molar-refractivity contribution is -0.274. The van der Waals surface area contributed by atoms with Gasteiger partial charge in [0.25, 0.3) is 0 Å². The van der Waals surface area contributed by atoms with Gasteiger partial charge in [-0.15, -0.1) is 13.2 Å². The second-order valence-corrected chi connectivity index (χ2v) is 5.37. The first kappa shape index (κ1) is 13.5. The van der Waals surface area contributed by atoms with E-state index >= 15 is 0 Å². The molecule has 4 nitrogen and oxygen atoms in total. The van der Waals surface area contributed by atoms with Crippen LogP contribution in [-0.4, -0.2) is 37.6 Å². The minimum Gasteiger partial charge on any atom is -0.404 e. The van der Waals surface area contributed by atoms with Gasteiger partial charge in [0.1, 0.15) is 11.6 Å². The first-order valence-electron chi connectivity index (χ1n) is 6.50. The number of hydrogen-bond donors (Lipinski definition) is 0. The lowest BCUT2D eigenvalue weighted by Gasteiger charge is -2.22. The summed E-state index contributed by atoms with van der Waals surface area (Å²) in [5.41, 5.74) is 0.197. The molecule has 2 saturated heterocycles. The van der Waals surface area contributed by atoms with Gasteiger partial charge in [-0.3, -0.25) is 0 Å². The lowest BCUT2D eigenvalue weighted by atomic mass is 9.87. The summed E-state index contributed by atoms with van der Waals surface area (Å²) >= 11 is 0. The highest BCUT2D eigenvalue weighted by molar-refractivity contribution is 5.42. The van der Waals surface area contributed by atoms with E-state index in [0.717, 1.165) is 45.3 Å². The second kappa shape index (κ2) is 4.80. The Hall–Kier alpha value is -1.50. The van der Waals surface area contributed by atoms with E-state index in [2.05, 4.69) is 14.6 Å². The molecular formula is C13H15F3N2O2. The maximum Gasteiger partial charge on any atom is 0.573 e. The van der Waals surface area contributed by atoms with E-state index in [4.69, 9.17) is 4.74 Å². The fraction of sp³-hybridized carbons (Fsp3) is 0.615. The molecule has 0 bridgehead atoms. The van der Waals surface area contributed by atoms with Crippen LogP contribution in [0.1, 0.15) is 12.8 Å². The van der Waals surface area contributed by atoms with Gasteiger partial charge in [-0.25, -0.2) is 4.98 Å².